The number of thiophene rings is 1. The van der Waals surface area contributed by atoms with E-state index in [2.05, 4.69) is 5.32 Å². The third kappa shape index (κ3) is 3.68. The van der Waals surface area contributed by atoms with Gasteiger partial charge < -0.3 is 20.1 Å². The Morgan fingerprint density at radius 2 is 2.25 bits per heavy atom. The van der Waals surface area contributed by atoms with Crippen molar-refractivity contribution >= 4 is 39.1 Å². The number of hydrogen-bond acceptors (Lipinski definition) is 5. The number of anilines is 1. The molecule has 2 N–H and O–H groups in total. The average Bonchev–Trinajstić information content (AvgIpc) is 2.98. The highest BCUT2D eigenvalue weighted by Crippen LogP contribution is 2.29. The van der Waals surface area contributed by atoms with Gasteiger partial charge in [0.25, 0.3) is 0 Å². The van der Waals surface area contributed by atoms with Crippen LogP contribution in [0.25, 0.3) is 10.1 Å². The molecule has 1 fully saturated rings. The molecule has 2 aromatic rings. The summed E-state index contributed by atoms with van der Waals surface area (Å²) in [4.78, 5) is 26.3. The largest absolute Gasteiger partial charge is 0.462 e. The molecule has 0 aliphatic carbocycles. The lowest BCUT2D eigenvalue weighted by Gasteiger charge is -2.30. The topological polar surface area (TPSA) is 78.9 Å². The summed E-state index contributed by atoms with van der Waals surface area (Å²) >= 11 is 1.37. The average molecular weight is 348 g/mol. The van der Waals surface area contributed by atoms with Gasteiger partial charge in [-0.2, -0.15) is 0 Å². The van der Waals surface area contributed by atoms with E-state index < -0.39 is 6.10 Å². The van der Waals surface area contributed by atoms with E-state index in [0.717, 1.165) is 22.9 Å². The maximum absolute atomic E-state index is 12.3. The third-order valence-corrected chi connectivity index (χ3v) is 5.02. The molecule has 1 aromatic carbocycles. The number of fused-ring (bicyclic) bond motifs is 1. The van der Waals surface area contributed by atoms with Crippen LogP contribution < -0.4 is 5.32 Å². The van der Waals surface area contributed by atoms with Gasteiger partial charge in [-0.1, -0.05) is 0 Å². The molecule has 7 heteroatoms. The van der Waals surface area contributed by atoms with Crippen LogP contribution >= 0.6 is 11.3 Å². The minimum Gasteiger partial charge on any atom is -0.462 e. The minimum atomic E-state index is -0.448. The van der Waals surface area contributed by atoms with Crippen LogP contribution in [-0.4, -0.2) is 47.8 Å². The van der Waals surface area contributed by atoms with Gasteiger partial charge in [-0.05, 0) is 49.4 Å². The molecular formula is C17H20N2O4S. The Balaban J connectivity index is 1.73. The molecule has 0 spiro atoms. The first kappa shape index (κ1) is 16.7. The number of nitrogens with zero attached hydrogens (tertiary/aromatic N) is 1. The second-order valence-corrected chi connectivity index (χ2v) is 6.84. The second-order valence-electron chi connectivity index (χ2n) is 5.76. The quantitative estimate of drug-likeness (QED) is 0.836. The molecule has 6 nitrogen and oxygen atoms in total. The van der Waals surface area contributed by atoms with E-state index in [-0.39, 0.29) is 12.0 Å². The number of esters is 1. The molecule has 24 heavy (non-hydrogen) atoms. The standard InChI is InChI=1S/C17H20N2O4S/c1-2-23-16(21)15-9-11-8-12(5-6-14(11)24-15)18-17(22)19-7-3-4-13(20)10-19/h5-6,8-9,13,20H,2-4,7,10H2,1H3,(H,18,22)/t13-/m0/s1. The predicted octanol–water partition coefficient (Wildman–Crippen LogP) is 3.07. The van der Waals surface area contributed by atoms with Crippen molar-refractivity contribution in [2.75, 3.05) is 25.0 Å². The smallest absolute Gasteiger partial charge is 0.348 e. The van der Waals surface area contributed by atoms with Crippen LogP contribution in [0.1, 0.15) is 29.4 Å². The number of carbonyl (C=O) groups is 2. The van der Waals surface area contributed by atoms with Crippen LogP contribution in [0.15, 0.2) is 24.3 Å². The van der Waals surface area contributed by atoms with Gasteiger partial charge in [0.15, 0.2) is 0 Å². The molecule has 1 aromatic heterocycles. The summed E-state index contributed by atoms with van der Waals surface area (Å²) in [6.07, 6.45) is 1.10. The van der Waals surface area contributed by atoms with Gasteiger partial charge in [0.05, 0.1) is 12.7 Å². The first-order valence-electron chi connectivity index (χ1n) is 8.01. The minimum absolute atomic E-state index is 0.214. The van der Waals surface area contributed by atoms with Gasteiger partial charge in [-0.15, -0.1) is 11.3 Å². The van der Waals surface area contributed by atoms with Crippen molar-refractivity contribution in [2.45, 2.75) is 25.9 Å². The summed E-state index contributed by atoms with van der Waals surface area (Å²) in [6.45, 7) is 3.13. The Hall–Kier alpha value is -2.12. The summed E-state index contributed by atoms with van der Waals surface area (Å²) in [6, 6.07) is 7.09. The molecule has 128 valence electrons. The molecule has 3 rings (SSSR count). The molecule has 1 saturated heterocycles. The first-order valence-corrected chi connectivity index (χ1v) is 8.83. The number of piperidine rings is 1. The van der Waals surface area contributed by atoms with E-state index in [1.165, 1.54) is 11.3 Å². The number of aliphatic hydroxyl groups excluding tert-OH is 1. The summed E-state index contributed by atoms with van der Waals surface area (Å²) in [5.74, 6) is -0.327. The lowest BCUT2D eigenvalue weighted by Crippen LogP contribution is -2.44. The lowest BCUT2D eigenvalue weighted by molar-refractivity contribution is 0.0532. The van der Waals surface area contributed by atoms with Crippen LogP contribution in [0.5, 0.6) is 0 Å². The highest BCUT2D eigenvalue weighted by molar-refractivity contribution is 7.20. The predicted molar refractivity (Wildman–Crippen MR) is 93.6 cm³/mol. The van der Waals surface area contributed by atoms with E-state index in [9.17, 15) is 14.7 Å². The van der Waals surface area contributed by atoms with Crippen LogP contribution in [0.3, 0.4) is 0 Å². The van der Waals surface area contributed by atoms with Crippen LogP contribution in [0.2, 0.25) is 0 Å². The van der Waals surface area contributed by atoms with E-state index in [4.69, 9.17) is 4.74 Å². The van der Waals surface area contributed by atoms with E-state index in [1.54, 1.807) is 17.9 Å². The number of nitrogens with one attached hydrogen (secondary N) is 1. The molecule has 1 aliphatic heterocycles. The number of ether oxygens (including phenoxy) is 1. The highest BCUT2D eigenvalue weighted by atomic mass is 32.1. The van der Waals surface area contributed by atoms with Crippen molar-refractivity contribution < 1.29 is 19.4 Å². The van der Waals surface area contributed by atoms with Crippen molar-refractivity contribution in [3.8, 4) is 0 Å². The molecule has 1 atom stereocenters. The van der Waals surface area contributed by atoms with Crippen LogP contribution in [0, 0.1) is 0 Å². The Morgan fingerprint density at radius 1 is 1.42 bits per heavy atom. The van der Waals surface area contributed by atoms with Crippen molar-refractivity contribution in [2.24, 2.45) is 0 Å². The van der Waals surface area contributed by atoms with Crippen molar-refractivity contribution in [3.63, 3.8) is 0 Å². The number of hydrogen-bond donors (Lipinski definition) is 2. The van der Waals surface area contributed by atoms with Gasteiger partial charge in [0.1, 0.15) is 4.88 Å². The number of urea groups is 1. The molecular weight excluding hydrogens is 328 g/mol. The van der Waals surface area contributed by atoms with Gasteiger partial charge in [0.2, 0.25) is 0 Å². The summed E-state index contributed by atoms with van der Waals surface area (Å²) < 4.78 is 5.98. The van der Waals surface area contributed by atoms with Gasteiger partial charge >= 0.3 is 12.0 Å². The third-order valence-electron chi connectivity index (χ3n) is 3.93. The number of rotatable bonds is 3. The van der Waals surface area contributed by atoms with Crippen molar-refractivity contribution in [3.05, 3.63) is 29.1 Å². The summed E-state index contributed by atoms with van der Waals surface area (Å²) in [5, 5.41) is 13.4. The van der Waals surface area contributed by atoms with Crippen molar-refractivity contribution in [1.29, 1.82) is 0 Å². The van der Waals surface area contributed by atoms with Gasteiger partial charge in [-0.25, -0.2) is 9.59 Å². The fourth-order valence-electron chi connectivity index (χ4n) is 2.77. The highest BCUT2D eigenvalue weighted by Gasteiger charge is 2.22. The zero-order chi connectivity index (χ0) is 17.1. The fourth-order valence-corrected chi connectivity index (χ4v) is 3.70. The normalized spacial score (nSPS) is 17.8. The maximum atomic E-state index is 12.3. The Labute approximate surface area is 144 Å². The summed E-state index contributed by atoms with van der Waals surface area (Å²) in [7, 11) is 0. The SMILES string of the molecule is CCOC(=O)c1cc2cc(NC(=O)N3CCC[C@H](O)C3)ccc2s1. The Morgan fingerprint density at radius 3 is 3.00 bits per heavy atom. The number of benzene rings is 1. The Kier molecular flexibility index (Phi) is 5.01. The monoisotopic (exact) mass is 348 g/mol. The fraction of sp³-hybridized carbons (Fsp3) is 0.412. The molecule has 1 aliphatic rings. The van der Waals surface area contributed by atoms with E-state index in [1.807, 2.05) is 18.2 Å². The molecule has 0 radical (unpaired) electrons. The maximum Gasteiger partial charge on any atom is 0.348 e. The van der Waals surface area contributed by atoms with Gasteiger partial charge in [-0.3, -0.25) is 0 Å². The van der Waals surface area contributed by atoms with Gasteiger partial charge in [0, 0.05) is 23.5 Å². The number of carbonyl (C=O) groups excluding carboxylic acids is 2. The molecule has 2 amide bonds. The lowest BCUT2D eigenvalue weighted by atomic mass is 10.1. The van der Waals surface area contributed by atoms with Crippen molar-refractivity contribution in [1.82, 2.24) is 4.90 Å². The Bertz CT molecular complexity index is 758. The number of likely N-dealkylation sites (tertiary alicyclic amines) is 1. The zero-order valence-corrected chi connectivity index (χ0v) is 14.3. The number of β-amino-alcohol motifs (C(OH)–C–C–N with tert-alkyl or cyclic N) is 1. The van der Waals surface area contributed by atoms with Crippen LogP contribution in [-0.2, 0) is 4.74 Å². The second kappa shape index (κ2) is 7.19. The molecule has 0 bridgehead atoms. The number of amides is 2. The molecule has 0 unspecified atom stereocenters. The summed E-state index contributed by atoms with van der Waals surface area (Å²) in [5.41, 5.74) is 0.667. The van der Waals surface area contributed by atoms with E-state index >= 15 is 0 Å². The van der Waals surface area contributed by atoms with Crippen LogP contribution in [0.4, 0.5) is 10.5 Å². The molecule has 0 saturated carbocycles. The number of aliphatic hydroxyl groups is 1. The zero-order valence-electron chi connectivity index (χ0n) is 13.4. The van der Waals surface area contributed by atoms with E-state index in [0.29, 0.717) is 30.3 Å². The first-order chi connectivity index (χ1) is 11.6. The molecule has 2 heterocycles.